The Morgan fingerprint density at radius 1 is 0.868 bits per heavy atom. The van der Waals surface area contributed by atoms with Gasteiger partial charge in [0.15, 0.2) is 23.2 Å². The van der Waals surface area contributed by atoms with Gasteiger partial charge < -0.3 is 55.0 Å². The largest absolute Gasteiger partial charge is 0.480 e. The molecule has 4 atom stereocenters. The van der Waals surface area contributed by atoms with E-state index in [9.17, 15) is 32.8 Å². The lowest BCUT2D eigenvalue weighted by molar-refractivity contribution is -0.123. The number of unbranched alkanes of at least 4 members (excludes halogenated alkanes) is 2. The second-order valence-electron chi connectivity index (χ2n) is 17.1. The number of thioether (sulfide) groups is 1. The zero-order chi connectivity index (χ0) is 48.7. The number of nitrogens with zero attached hydrogens (tertiary/aromatic N) is 3. The van der Waals surface area contributed by atoms with Crippen LogP contribution in [0.4, 0.5) is 18.4 Å². The molecule has 5 amide bonds. The van der Waals surface area contributed by atoms with Crippen molar-refractivity contribution in [2.45, 2.75) is 101 Å². The number of aromatic nitrogens is 3. The molecule has 2 aliphatic rings. The molecule has 2 fully saturated rings. The molecular weight excluding hydrogens is 911 g/mol. The number of benzene rings is 2. The normalized spacial score (nSPS) is 16.9. The van der Waals surface area contributed by atoms with Crippen LogP contribution in [0.5, 0.6) is 5.75 Å². The van der Waals surface area contributed by atoms with E-state index in [0.29, 0.717) is 88.7 Å². The van der Waals surface area contributed by atoms with Crippen molar-refractivity contribution in [3.8, 4) is 11.4 Å². The van der Waals surface area contributed by atoms with E-state index < -0.39 is 53.4 Å². The number of fused-ring (bicyclic) bond motifs is 1. The van der Waals surface area contributed by atoms with E-state index in [-0.39, 0.29) is 49.2 Å². The van der Waals surface area contributed by atoms with Crippen LogP contribution >= 0.6 is 11.8 Å². The van der Waals surface area contributed by atoms with Crippen molar-refractivity contribution in [2.24, 2.45) is 0 Å². The quantitative estimate of drug-likeness (QED) is 0.0445. The van der Waals surface area contributed by atoms with Gasteiger partial charge in [-0.3, -0.25) is 14.4 Å². The second kappa shape index (κ2) is 28.2. The molecule has 5 rings (SSSR count). The van der Waals surface area contributed by atoms with E-state index in [1.165, 1.54) is 10.7 Å². The zero-order valence-electron chi connectivity index (χ0n) is 38.9. The van der Waals surface area contributed by atoms with Crippen LogP contribution in [0.2, 0.25) is 0 Å². The van der Waals surface area contributed by atoms with Gasteiger partial charge in [-0.25, -0.2) is 23.1 Å². The number of ether oxygens (including phenoxy) is 6. The number of para-hydroxylation sites is 1. The van der Waals surface area contributed by atoms with Crippen molar-refractivity contribution in [1.82, 2.24) is 41.6 Å². The minimum absolute atomic E-state index is 0.00476. The Labute approximate surface area is 399 Å². The van der Waals surface area contributed by atoms with Crippen LogP contribution in [0.3, 0.4) is 0 Å². The first-order valence-corrected chi connectivity index (χ1v) is 24.0. The average Bonchev–Trinajstić information content (AvgIpc) is 4.03. The first-order valence-electron chi connectivity index (χ1n) is 22.9. The van der Waals surface area contributed by atoms with Gasteiger partial charge in [-0.1, -0.05) is 23.8 Å². The monoisotopic (exact) mass is 974 g/mol. The lowest BCUT2D eigenvalue weighted by Gasteiger charge is -2.20. The average molecular weight is 975 g/mol. The Morgan fingerprint density at radius 3 is 2.31 bits per heavy atom. The molecule has 0 saturated carbocycles. The van der Waals surface area contributed by atoms with E-state index >= 15 is 0 Å². The Hall–Kier alpha value is -5.42. The van der Waals surface area contributed by atoms with E-state index in [1.54, 1.807) is 51.2 Å². The molecule has 19 nitrogen and oxygen atoms in total. The van der Waals surface area contributed by atoms with Crippen LogP contribution in [0.15, 0.2) is 48.7 Å². The van der Waals surface area contributed by atoms with Gasteiger partial charge in [-0.05, 0) is 83.2 Å². The number of nitrogens with one attached hydrogen (secondary N) is 5. The number of hydrogen-bond donors (Lipinski definition) is 5. The van der Waals surface area contributed by atoms with Crippen molar-refractivity contribution >= 4 is 41.5 Å². The molecule has 0 bridgehead atoms. The van der Waals surface area contributed by atoms with Crippen LogP contribution in [0, 0.1) is 11.6 Å². The third-order valence-corrected chi connectivity index (χ3v) is 12.0. The number of carbonyl (C=O) groups excluding carboxylic acids is 5. The number of alkyl carbamates (subject to hydrolysis) is 1. The summed E-state index contributed by atoms with van der Waals surface area (Å²) in [4.78, 5) is 62.5. The molecule has 3 aromatic rings. The Kier molecular flexibility index (Phi) is 22.2. The standard InChI is InChI=1S/C46H64F2N8O11S/c1-46(2,3)67-45(61)50-17-7-6-14-36(38(57)29-66-42-34(47)12-9-13-35(42)48)51-43(59)31-10-8-11-33(26-31)56-27-32(54-55-56)28-65-25-24-64-23-22-63-21-20-62-19-18-49-40(58)16-5-4-15-39-41-37(30-68-39)52-44(60)53-41/h8-13,26-27,36-37,39,41H,4-7,14-25,28-30H2,1-3H3,(H,49,58)(H,50,61)(H,51,59)(H2,52,53,60)/t36-,37-,39-,41-/m0/s1. The highest BCUT2D eigenvalue weighted by Crippen LogP contribution is 2.33. The fourth-order valence-electron chi connectivity index (χ4n) is 7.14. The molecule has 22 heteroatoms. The van der Waals surface area contributed by atoms with E-state index in [1.807, 2.05) is 11.8 Å². The van der Waals surface area contributed by atoms with Crippen LogP contribution in [0.25, 0.3) is 5.69 Å². The number of urea groups is 1. The van der Waals surface area contributed by atoms with Gasteiger partial charge in [0.25, 0.3) is 5.91 Å². The summed E-state index contributed by atoms with van der Waals surface area (Å²) in [6, 6.07) is 8.94. The minimum atomic E-state index is -1.08. The van der Waals surface area contributed by atoms with Crippen LogP contribution in [-0.2, 0) is 39.9 Å². The highest BCUT2D eigenvalue weighted by atomic mass is 32.2. The molecule has 0 radical (unpaired) electrons. The summed E-state index contributed by atoms with van der Waals surface area (Å²) in [7, 11) is 0. The van der Waals surface area contributed by atoms with Gasteiger partial charge in [0.05, 0.1) is 82.9 Å². The van der Waals surface area contributed by atoms with Crippen molar-refractivity contribution in [3.05, 3.63) is 71.6 Å². The molecule has 5 N–H and O–H groups in total. The number of carbonyl (C=O) groups is 5. The summed E-state index contributed by atoms with van der Waals surface area (Å²) in [6.45, 7) is 7.96. The first kappa shape index (κ1) is 53.5. The fraction of sp³-hybridized carbons (Fsp3) is 0.587. The highest BCUT2D eigenvalue weighted by molar-refractivity contribution is 8.00. The number of halogens is 2. The predicted molar refractivity (Wildman–Crippen MR) is 247 cm³/mol. The summed E-state index contributed by atoms with van der Waals surface area (Å²) < 4.78 is 62.6. The first-order chi connectivity index (χ1) is 32.8. The Bertz CT molecular complexity index is 2070. The van der Waals surface area contributed by atoms with Crippen molar-refractivity contribution < 1.29 is 61.2 Å². The molecule has 0 aliphatic carbocycles. The van der Waals surface area contributed by atoms with Gasteiger partial charge in [-0.15, -0.1) is 5.10 Å². The number of hydrogen-bond acceptors (Lipinski definition) is 14. The lowest BCUT2D eigenvalue weighted by Crippen LogP contribution is -2.43. The molecular formula is C46H64F2N8O11S. The maximum atomic E-state index is 14.2. The molecule has 0 spiro atoms. The van der Waals surface area contributed by atoms with Crippen LogP contribution in [0.1, 0.15) is 81.8 Å². The Morgan fingerprint density at radius 2 is 1.57 bits per heavy atom. The number of Topliss-reactive ketones (excluding diaryl/α,β-unsaturated/α-hetero) is 1. The van der Waals surface area contributed by atoms with Gasteiger partial charge in [0.2, 0.25) is 5.91 Å². The lowest BCUT2D eigenvalue weighted by atomic mass is 10.0. The maximum absolute atomic E-state index is 14.2. The molecule has 68 heavy (non-hydrogen) atoms. The Balaban J connectivity index is 0.918. The van der Waals surface area contributed by atoms with Crippen molar-refractivity contribution in [2.75, 3.05) is 71.7 Å². The molecule has 2 aromatic carbocycles. The van der Waals surface area contributed by atoms with Gasteiger partial charge in [0.1, 0.15) is 17.9 Å². The summed E-state index contributed by atoms with van der Waals surface area (Å²) in [5.41, 5.74) is 0.601. The smallest absolute Gasteiger partial charge is 0.407 e. The summed E-state index contributed by atoms with van der Waals surface area (Å²) >= 11 is 1.88. The molecule has 2 aliphatic heterocycles. The topological polar surface area (TPSA) is 232 Å². The summed E-state index contributed by atoms with van der Waals surface area (Å²) in [6.07, 6.45) is 5.27. The predicted octanol–water partition coefficient (Wildman–Crippen LogP) is 4.40. The highest BCUT2D eigenvalue weighted by Gasteiger charge is 2.42. The van der Waals surface area contributed by atoms with E-state index in [2.05, 4.69) is 36.9 Å². The summed E-state index contributed by atoms with van der Waals surface area (Å²) in [5.74, 6) is -2.88. The van der Waals surface area contributed by atoms with Gasteiger partial charge >= 0.3 is 12.1 Å². The van der Waals surface area contributed by atoms with Crippen molar-refractivity contribution in [1.29, 1.82) is 0 Å². The fourth-order valence-corrected chi connectivity index (χ4v) is 8.68. The SMILES string of the molecule is CC(C)(C)OC(=O)NCCCC[C@H](NC(=O)c1cccc(-n2cc(COCCOCCOCCOCCNC(=O)CCCC[C@@H]3SC[C@@H]4NC(=O)N[C@@H]43)nn2)c1)C(=O)COc1c(F)cccc1F. The van der Waals surface area contributed by atoms with Crippen molar-refractivity contribution in [3.63, 3.8) is 0 Å². The molecule has 374 valence electrons. The second-order valence-corrected chi connectivity index (χ2v) is 18.3. The maximum Gasteiger partial charge on any atom is 0.407 e. The number of ketones is 1. The van der Waals surface area contributed by atoms with Gasteiger partial charge in [0, 0.05) is 36.1 Å². The molecule has 2 saturated heterocycles. The molecule has 3 heterocycles. The van der Waals surface area contributed by atoms with E-state index in [4.69, 9.17) is 28.4 Å². The van der Waals surface area contributed by atoms with Gasteiger partial charge in [-0.2, -0.15) is 11.8 Å². The van der Waals surface area contributed by atoms with E-state index in [0.717, 1.165) is 37.1 Å². The third-order valence-electron chi connectivity index (χ3n) is 10.5. The summed E-state index contributed by atoms with van der Waals surface area (Å²) in [5, 5.41) is 22.9. The van der Waals surface area contributed by atoms with Crippen LogP contribution in [-0.4, -0.2) is 145 Å². The zero-order valence-corrected chi connectivity index (χ0v) is 39.7. The molecule has 1 aromatic heterocycles. The van der Waals surface area contributed by atoms with Crippen LogP contribution < -0.4 is 31.3 Å². The number of rotatable bonds is 31. The minimum Gasteiger partial charge on any atom is -0.480 e. The molecule has 0 unspecified atom stereocenters. The third kappa shape index (κ3) is 18.9. The number of amides is 5.